The molecular weight excluding hydrogens is 379 g/mol. The minimum Gasteiger partial charge on any atom is -0.411 e. The number of rotatable bonds is 5. The van der Waals surface area contributed by atoms with E-state index in [1.807, 2.05) is 30.5 Å². The van der Waals surface area contributed by atoms with Crippen molar-refractivity contribution in [3.63, 3.8) is 0 Å². The van der Waals surface area contributed by atoms with E-state index >= 15 is 0 Å². The fraction of sp³-hybridized carbons (Fsp3) is 0.150. The smallest absolute Gasteiger partial charge is 0.277 e. The second-order valence-electron chi connectivity index (χ2n) is 6.33. The van der Waals surface area contributed by atoms with E-state index in [-0.39, 0.29) is 16.9 Å². The third-order valence-electron chi connectivity index (χ3n) is 4.31. The van der Waals surface area contributed by atoms with E-state index in [0.717, 1.165) is 28.2 Å². The van der Waals surface area contributed by atoms with Crippen LogP contribution in [0.4, 0.5) is 10.1 Å². The van der Waals surface area contributed by atoms with Gasteiger partial charge in [-0.05, 0) is 37.6 Å². The predicted octanol–water partition coefficient (Wildman–Crippen LogP) is 4.78. The molecule has 4 rings (SSSR count). The monoisotopic (exact) mass is 396 g/mol. The maximum atomic E-state index is 13.6. The van der Waals surface area contributed by atoms with Crippen LogP contribution in [0.15, 0.2) is 58.3 Å². The number of halogens is 1. The predicted molar refractivity (Wildman–Crippen MR) is 107 cm³/mol. The molecule has 1 atom stereocenters. The summed E-state index contributed by atoms with van der Waals surface area (Å²) in [6.45, 7) is 3.39. The highest BCUT2D eigenvalue weighted by Gasteiger charge is 2.20. The van der Waals surface area contributed by atoms with Crippen LogP contribution in [0.2, 0.25) is 0 Å². The number of aromatic nitrogens is 3. The third-order valence-corrected chi connectivity index (χ3v) is 5.25. The molecule has 2 aromatic carbocycles. The number of amides is 1. The lowest BCUT2D eigenvalue weighted by Crippen LogP contribution is -2.22. The van der Waals surface area contributed by atoms with Gasteiger partial charge in [-0.2, -0.15) is 0 Å². The van der Waals surface area contributed by atoms with Crippen LogP contribution >= 0.6 is 11.8 Å². The van der Waals surface area contributed by atoms with Gasteiger partial charge in [0.2, 0.25) is 5.91 Å². The first-order chi connectivity index (χ1) is 13.5. The molecule has 0 saturated heterocycles. The summed E-state index contributed by atoms with van der Waals surface area (Å²) in [5.74, 6) is -0.258. The summed E-state index contributed by atoms with van der Waals surface area (Å²) in [5, 5.41) is 11.6. The maximum Gasteiger partial charge on any atom is 0.277 e. The summed E-state index contributed by atoms with van der Waals surface area (Å²) in [6, 6.07) is 12.4. The molecular formula is C20H17FN4O2S. The third kappa shape index (κ3) is 3.63. The summed E-state index contributed by atoms with van der Waals surface area (Å²) in [6.07, 6.45) is 1.81. The number of H-pyrrole nitrogens is 1. The van der Waals surface area contributed by atoms with Gasteiger partial charge in [-0.1, -0.05) is 36.0 Å². The molecule has 8 heteroatoms. The lowest BCUT2D eigenvalue weighted by atomic mass is 10.2. The van der Waals surface area contributed by atoms with Crippen LogP contribution in [0.25, 0.3) is 22.4 Å². The molecule has 0 aliphatic heterocycles. The number of aromatic amines is 1. The Bertz CT molecular complexity index is 1150. The first kappa shape index (κ1) is 18.2. The van der Waals surface area contributed by atoms with E-state index in [1.54, 1.807) is 26.0 Å². The first-order valence-electron chi connectivity index (χ1n) is 8.65. The molecule has 0 radical (unpaired) electrons. The summed E-state index contributed by atoms with van der Waals surface area (Å²) in [7, 11) is 0. The Hall–Kier alpha value is -3.13. The highest BCUT2D eigenvalue weighted by atomic mass is 32.2. The highest BCUT2D eigenvalue weighted by Crippen LogP contribution is 2.31. The zero-order valence-electron chi connectivity index (χ0n) is 15.2. The van der Waals surface area contributed by atoms with Gasteiger partial charge in [-0.15, -0.1) is 10.2 Å². The van der Waals surface area contributed by atoms with Gasteiger partial charge in [0.25, 0.3) is 11.1 Å². The average Bonchev–Trinajstić information content (AvgIpc) is 3.31. The van der Waals surface area contributed by atoms with Crippen molar-refractivity contribution >= 4 is 34.3 Å². The second-order valence-corrected chi connectivity index (χ2v) is 7.63. The Morgan fingerprint density at radius 3 is 2.89 bits per heavy atom. The van der Waals surface area contributed by atoms with Crippen molar-refractivity contribution in [2.24, 2.45) is 0 Å². The van der Waals surface area contributed by atoms with Crippen LogP contribution in [0.3, 0.4) is 0 Å². The van der Waals surface area contributed by atoms with E-state index in [0.29, 0.717) is 17.1 Å². The molecule has 1 amide bonds. The zero-order valence-corrected chi connectivity index (χ0v) is 16.0. The second kappa shape index (κ2) is 7.47. The largest absolute Gasteiger partial charge is 0.411 e. The molecule has 0 saturated carbocycles. The normalized spacial score (nSPS) is 12.2. The number of hydrogen-bond donors (Lipinski definition) is 2. The van der Waals surface area contributed by atoms with Crippen molar-refractivity contribution in [1.29, 1.82) is 0 Å². The van der Waals surface area contributed by atoms with Crippen molar-refractivity contribution in [2.45, 2.75) is 24.3 Å². The minimum atomic E-state index is -0.499. The fourth-order valence-corrected chi connectivity index (χ4v) is 3.42. The number of carbonyl (C=O) groups is 1. The molecule has 2 N–H and O–H groups in total. The number of thioether (sulfide) groups is 1. The number of hydrogen-bond acceptors (Lipinski definition) is 5. The van der Waals surface area contributed by atoms with Crippen LogP contribution in [0, 0.1) is 12.7 Å². The van der Waals surface area contributed by atoms with Gasteiger partial charge in [0, 0.05) is 22.8 Å². The van der Waals surface area contributed by atoms with Gasteiger partial charge >= 0.3 is 0 Å². The lowest BCUT2D eigenvalue weighted by molar-refractivity contribution is -0.115. The Morgan fingerprint density at radius 1 is 1.25 bits per heavy atom. The number of nitrogens with one attached hydrogen (secondary N) is 2. The number of carbonyl (C=O) groups excluding carboxylic acids is 1. The number of benzene rings is 2. The van der Waals surface area contributed by atoms with Crippen molar-refractivity contribution in [2.75, 3.05) is 5.32 Å². The molecule has 142 valence electrons. The number of fused-ring (bicyclic) bond motifs is 1. The minimum absolute atomic E-state index is 0.278. The van der Waals surface area contributed by atoms with E-state index in [1.165, 1.54) is 6.07 Å². The maximum absolute atomic E-state index is 13.6. The SMILES string of the molecule is Cc1ccc(NC(=O)[C@H](C)Sc2nnc(-c3c[nH]c4ccccc34)o2)cc1F. The molecule has 28 heavy (non-hydrogen) atoms. The number of anilines is 1. The van der Waals surface area contributed by atoms with E-state index in [9.17, 15) is 9.18 Å². The topological polar surface area (TPSA) is 83.8 Å². The molecule has 0 aliphatic carbocycles. The summed E-state index contributed by atoms with van der Waals surface area (Å²) in [5.41, 5.74) is 2.71. The first-order valence-corrected chi connectivity index (χ1v) is 9.53. The van der Waals surface area contributed by atoms with E-state index in [2.05, 4.69) is 20.5 Å². The Kier molecular flexibility index (Phi) is 4.87. The standard InChI is InChI=1S/C20H17FN4O2S/c1-11-7-8-13(9-16(11)21)23-18(26)12(2)28-20-25-24-19(27-20)15-10-22-17-6-4-3-5-14(15)17/h3-10,12,22H,1-2H3,(H,23,26)/t12-/m0/s1. The summed E-state index contributed by atoms with van der Waals surface area (Å²) in [4.78, 5) is 15.5. The number of para-hydroxylation sites is 1. The van der Waals surface area contributed by atoms with Gasteiger partial charge in [0.1, 0.15) is 5.82 Å². The number of nitrogens with zero attached hydrogens (tertiary/aromatic N) is 2. The van der Waals surface area contributed by atoms with Crippen molar-refractivity contribution in [3.8, 4) is 11.5 Å². The molecule has 0 fully saturated rings. The zero-order chi connectivity index (χ0) is 19.7. The van der Waals surface area contributed by atoms with Crippen molar-refractivity contribution in [3.05, 3.63) is 60.0 Å². The molecule has 4 aromatic rings. The van der Waals surface area contributed by atoms with Crippen molar-refractivity contribution in [1.82, 2.24) is 15.2 Å². The number of aryl methyl sites for hydroxylation is 1. The Labute approximate surface area is 164 Å². The molecule has 0 bridgehead atoms. The van der Waals surface area contributed by atoms with Gasteiger partial charge in [0.15, 0.2) is 0 Å². The highest BCUT2D eigenvalue weighted by molar-refractivity contribution is 8.00. The fourth-order valence-electron chi connectivity index (χ4n) is 2.73. The molecule has 2 heterocycles. The average molecular weight is 396 g/mol. The van der Waals surface area contributed by atoms with Gasteiger partial charge in [-0.3, -0.25) is 4.79 Å². The van der Waals surface area contributed by atoms with Crippen LogP contribution in [-0.2, 0) is 4.79 Å². The Morgan fingerprint density at radius 2 is 2.07 bits per heavy atom. The molecule has 0 aliphatic rings. The van der Waals surface area contributed by atoms with Gasteiger partial charge in [0.05, 0.1) is 10.8 Å². The lowest BCUT2D eigenvalue weighted by Gasteiger charge is -2.10. The molecule has 0 spiro atoms. The van der Waals surface area contributed by atoms with Crippen LogP contribution in [0.1, 0.15) is 12.5 Å². The quantitative estimate of drug-likeness (QED) is 0.474. The van der Waals surface area contributed by atoms with Crippen molar-refractivity contribution < 1.29 is 13.6 Å². The summed E-state index contributed by atoms with van der Waals surface area (Å²) < 4.78 is 19.4. The van der Waals surface area contributed by atoms with Gasteiger partial charge in [-0.25, -0.2) is 4.39 Å². The van der Waals surface area contributed by atoms with E-state index < -0.39 is 5.25 Å². The van der Waals surface area contributed by atoms with Crippen LogP contribution < -0.4 is 5.32 Å². The molecule has 0 unspecified atom stereocenters. The van der Waals surface area contributed by atoms with Crippen LogP contribution in [-0.4, -0.2) is 26.3 Å². The van der Waals surface area contributed by atoms with Gasteiger partial charge < -0.3 is 14.7 Å². The van der Waals surface area contributed by atoms with Crippen LogP contribution in [0.5, 0.6) is 0 Å². The molecule has 2 aromatic heterocycles. The van der Waals surface area contributed by atoms with E-state index in [4.69, 9.17) is 4.42 Å². The molecule has 6 nitrogen and oxygen atoms in total. The Balaban J connectivity index is 1.45. The summed E-state index contributed by atoms with van der Waals surface area (Å²) >= 11 is 1.15.